The number of piperidine rings is 1. The minimum atomic E-state index is -4.79. The van der Waals surface area contributed by atoms with Gasteiger partial charge in [-0.05, 0) is 68.3 Å². The number of carbonyl (C=O) groups is 3. The molecule has 2 aliphatic rings. The van der Waals surface area contributed by atoms with Crippen molar-refractivity contribution >= 4 is 42.2 Å². The van der Waals surface area contributed by atoms with Gasteiger partial charge in [-0.15, -0.1) is 0 Å². The molecule has 0 radical (unpaired) electrons. The van der Waals surface area contributed by atoms with Gasteiger partial charge in [0.1, 0.15) is 11.9 Å². The first-order chi connectivity index (χ1) is 21.1. The summed E-state index contributed by atoms with van der Waals surface area (Å²) in [5.41, 5.74) is -1.13. The van der Waals surface area contributed by atoms with Crippen LogP contribution in [0.1, 0.15) is 55.1 Å². The fraction of sp³-hybridized carbons (Fsp3) is 0.452. The van der Waals surface area contributed by atoms with Crippen LogP contribution < -0.4 is 5.32 Å². The molecular formula is C31H36F4N6O4. The SMILES string of the molecule is C=Nc1ccc(CN2C(=O)N(C)C(O)C23CCN(C(=O)C(NC(=O)c2cc(C(F)(F)F)ccc2F)C(C)C)CC3)cc1N=CC. The smallest absolute Gasteiger partial charge is 0.371 e. The van der Waals surface area contributed by atoms with Crippen LogP contribution in [0.3, 0.4) is 0 Å². The molecule has 4 amide bonds. The zero-order chi connectivity index (χ0) is 33.3. The van der Waals surface area contributed by atoms with Gasteiger partial charge in [0, 0.05) is 32.9 Å². The average Bonchev–Trinajstić information content (AvgIpc) is 3.16. The van der Waals surface area contributed by atoms with Crippen molar-refractivity contribution in [3.8, 4) is 0 Å². The first kappa shape index (κ1) is 33.6. The van der Waals surface area contributed by atoms with Crippen LogP contribution in [-0.2, 0) is 17.5 Å². The third-order valence-electron chi connectivity index (χ3n) is 8.44. The molecule has 0 bridgehead atoms. The molecule has 2 aromatic carbocycles. The average molecular weight is 633 g/mol. The first-order valence-electron chi connectivity index (χ1n) is 14.4. The predicted molar refractivity (Wildman–Crippen MR) is 160 cm³/mol. The molecule has 2 aliphatic heterocycles. The molecule has 242 valence electrons. The van der Waals surface area contributed by atoms with Crippen molar-refractivity contribution in [3.05, 3.63) is 58.9 Å². The molecule has 0 saturated carbocycles. The number of rotatable bonds is 8. The molecule has 2 saturated heterocycles. The number of hydrogen-bond donors (Lipinski definition) is 2. The lowest BCUT2D eigenvalue weighted by atomic mass is 9.84. The summed E-state index contributed by atoms with van der Waals surface area (Å²) in [6.45, 7) is 9.02. The summed E-state index contributed by atoms with van der Waals surface area (Å²) < 4.78 is 53.9. The van der Waals surface area contributed by atoms with E-state index >= 15 is 0 Å². The van der Waals surface area contributed by atoms with E-state index in [0.29, 0.717) is 29.6 Å². The Morgan fingerprint density at radius 1 is 1.16 bits per heavy atom. The van der Waals surface area contributed by atoms with Crippen LogP contribution in [-0.4, -0.2) is 88.5 Å². The number of aliphatic imine (C=N–C) groups is 2. The van der Waals surface area contributed by atoms with E-state index in [0.717, 1.165) is 5.56 Å². The summed E-state index contributed by atoms with van der Waals surface area (Å²) >= 11 is 0. The van der Waals surface area contributed by atoms with Crippen LogP contribution in [0.25, 0.3) is 0 Å². The first-order valence-corrected chi connectivity index (χ1v) is 14.4. The second kappa shape index (κ2) is 13.0. The highest BCUT2D eigenvalue weighted by molar-refractivity contribution is 5.98. The fourth-order valence-electron chi connectivity index (χ4n) is 5.88. The van der Waals surface area contributed by atoms with Gasteiger partial charge in [0.05, 0.1) is 28.0 Å². The van der Waals surface area contributed by atoms with E-state index in [9.17, 15) is 37.1 Å². The van der Waals surface area contributed by atoms with E-state index in [1.54, 1.807) is 50.1 Å². The van der Waals surface area contributed by atoms with Gasteiger partial charge in [0.25, 0.3) is 5.91 Å². The predicted octanol–water partition coefficient (Wildman–Crippen LogP) is 4.90. The highest BCUT2D eigenvalue weighted by atomic mass is 19.4. The molecule has 1 spiro atoms. The van der Waals surface area contributed by atoms with Gasteiger partial charge in [-0.25, -0.2) is 9.18 Å². The lowest BCUT2D eigenvalue weighted by Gasteiger charge is -2.46. The Morgan fingerprint density at radius 2 is 1.82 bits per heavy atom. The zero-order valence-electron chi connectivity index (χ0n) is 25.4. The second-order valence-corrected chi connectivity index (χ2v) is 11.5. The van der Waals surface area contributed by atoms with E-state index in [2.05, 4.69) is 22.0 Å². The van der Waals surface area contributed by atoms with Gasteiger partial charge in [0.2, 0.25) is 5.91 Å². The van der Waals surface area contributed by atoms with E-state index in [4.69, 9.17) is 0 Å². The molecular weight excluding hydrogens is 596 g/mol. The molecule has 10 nitrogen and oxygen atoms in total. The largest absolute Gasteiger partial charge is 0.416 e. The van der Waals surface area contributed by atoms with Gasteiger partial charge >= 0.3 is 12.2 Å². The van der Waals surface area contributed by atoms with Crippen molar-refractivity contribution in [2.75, 3.05) is 20.1 Å². The third kappa shape index (κ3) is 6.56. The number of aliphatic hydroxyl groups is 1. The van der Waals surface area contributed by atoms with Crippen molar-refractivity contribution in [2.24, 2.45) is 15.9 Å². The summed E-state index contributed by atoms with van der Waals surface area (Å²) in [7, 11) is 1.50. The van der Waals surface area contributed by atoms with Gasteiger partial charge < -0.3 is 20.2 Å². The number of hydrogen-bond acceptors (Lipinski definition) is 6. The topological polar surface area (TPSA) is 118 Å². The maximum absolute atomic E-state index is 14.4. The minimum absolute atomic E-state index is 0.120. The van der Waals surface area contributed by atoms with E-state index in [1.165, 1.54) is 16.8 Å². The zero-order valence-corrected chi connectivity index (χ0v) is 25.4. The number of urea groups is 1. The number of benzene rings is 2. The Bertz CT molecular complexity index is 1500. The highest BCUT2D eigenvalue weighted by Crippen LogP contribution is 2.41. The number of likely N-dealkylation sites (tertiary alicyclic amines) is 1. The number of halogens is 4. The number of nitrogens with one attached hydrogen (secondary N) is 1. The third-order valence-corrected chi connectivity index (χ3v) is 8.44. The normalized spacial score (nSPS) is 19.1. The Morgan fingerprint density at radius 3 is 2.40 bits per heavy atom. The molecule has 2 aromatic rings. The summed E-state index contributed by atoms with van der Waals surface area (Å²) in [5, 5.41) is 13.6. The van der Waals surface area contributed by atoms with Crippen molar-refractivity contribution < 1.29 is 37.1 Å². The van der Waals surface area contributed by atoms with Gasteiger partial charge in [-0.2, -0.15) is 13.2 Å². The molecule has 14 heteroatoms. The summed E-state index contributed by atoms with van der Waals surface area (Å²) in [4.78, 5) is 52.4. The van der Waals surface area contributed by atoms with E-state index in [1.807, 2.05) is 0 Å². The number of alkyl halides is 3. The molecule has 2 N–H and O–H groups in total. The number of likely N-dealkylation sites (N-methyl/N-ethyl adjacent to an activating group) is 1. The van der Waals surface area contributed by atoms with Crippen LogP contribution in [0.4, 0.5) is 33.7 Å². The summed E-state index contributed by atoms with van der Waals surface area (Å²) in [6.07, 6.45) is -3.91. The Balaban J connectivity index is 1.52. The van der Waals surface area contributed by atoms with Crippen molar-refractivity contribution in [1.29, 1.82) is 0 Å². The lowest BCUT2D eigenvalue weighted by molar-refractivity contribution is -0.139. The van der Waals surface area contributed by atoms with E-state index < -0.39 is 58.7 Å². The summed E-state index contributed by atoms with van der Waals surface area (Å²) in [6, 6.07) is 5.30. The van der Waals surface area contributed by atoms with Crippen LogP contribution in [0.15, 0.2) is 46.4 Å². The number of nitrogens with zero attached hydrogens (tertiary/aromatic N) is 5. The number of carbonyl (C=O) groups excluding carboxylic acids is 3. The molecule has 2 atom stereocenters. The second-order valence-electron chi connectivity index (χ2n) is 11.5. The van der Waals surface area contributed by atoms with Crippen molar-refractivity contribution in [2.45, 2.75) is 64.1 Å². The quantitative estimate of drug-likeness (QED) is 0.318. The van der Waals surface area contributed by atoms with Crippen LogP contribution in [0, 0.1) is 11.7 Å². The molecule has 4 rings (SSSR count). The summed E-state index contributed by atoms with van der Waals surface area (Å²) in [5.74, 6) is -3.29. The Hall–Kier alpha value is -4.33. The molecule has 2 unspecified atom stereocenters. The maximum Gasteiger partial charge on any atom is 0.416 e. The van der Waals surface area contributed by atoms with Crippen molar-refractivity contribution in [1.82, 2.24) is 20.0 Å². The highest BCUT2D eigenvalue weighted by Gasteiger charge is 2.57. The van der Waals surface area contributed by atoms with Gasteiger partial charge in [-0.1, -0.05) is 19.9 Å². The minimum Gasteiger partial charge on any atom is -0.371 e. The Labute approximate surface area is 258 Å². The molecule has 45 heavy (non-hydrogen) atoms. The molecule has 0 aromatic heterocycles. The molecule has 0 aliphatic carbocycles. The van der Waals surface area contributed by atoms with Gasteiger partial charge in [-0.3, -0.25) is 24.5 Å². The van der Waals surface area contributed by atoms with Crippen LogP contribution >= 0.6 is 0 Å². The number of aliphatic hydroxyl groups excluding tert-OH is 1. The standard InChI is InChI=1S/C31H36F4N6O4/c1-6-37-24-15-19(7-10-23(24)36-4)17-41-29(45)39(5)28(44)30(41)11-13-40(14-12-30)27(43)25(18(2)3)38-26(42)21-16-20(31(33,34)35)8-9-22(21)32/h6-10,15-16,18,25,28,44H,4,11-14,17H2,1-3,5H3,(H,38,42). The van der Waals surface area contributed by atoms with Crippen LogP contribution in [0.5, 0.6) is 0 Å². The lowest BCUT2D eigenvalue weighted by Crippen LogP contribution is -2.61. The molecule has 2 heterocycles. The monoisotopic (exact) mass is 632 g/mol. The van der Waals surface area contributed by atoms with E-state index in [-0.39, 0.29) is 38.5 Å². The van der Waals surface area contributed by atoms with Gasteiger partial charge in [0.15, 0.2) is 6.23 Å². The van der Waals surface area contributed by atoms with Crippen LogP contribution in [0.2, 0.25) is 0 Å². The maximum atomic E-state index is 14.4. The van der Waals surface area contributed by atoms with Crippen molar-refractivity contribution in [3.63, 3.8) is 0 Å². The fourth-order valence-corrected chi connectivity index (χ4v) is 5.88. The molecule has 2 fully saturated rings. The number of amides is 4. The Kier molecular flexibility index (Phi) is 9.66.